The smallest absolute Gasteiger partial charge is 0.225 e. The quantitative estimate of drug-likeness (QED) is 0.927. The molecule has 1 aliphatic heterocycles. The second kappa shape index (κ2) is 6.94. The number of aryl methyl sites for hydroxylation is 1. The van der Waals surface area contributed by atoms with Crippen LogP contribution in [0, 0.1) is 6.92 Å². The molecule has 116 valence electrons. The zero-order valence-electron chi connectivity index (χ0n) is 13.0. The number of hydrogen-bond acceptors (Lipinski definition) is 3. The van der Waals surface area contributed by atoms with Crippen LogP contribution in [0.2, 0.25) is 0 Å². The minimum absolute atomic E-state index is 0.111. The van der Waals surface area contributed by atoms with Gasteiger partial charge in [-0.15, -0.1) is 0 Å². The van der Waals surface area contributed by atoms with Crippen LogP contribution in [0.3, 0.4) is 0 Å². The standard InChI is InChI=1S/C17H25NO3/c1-14-4-6-15(7-5-14)21-13-8-16(19)18-11-3-9-17(2,20)10-12-18/h4-7,20H,3,8-13H2,1-2H3. The Kier molecular flexibility index (Phi) is 5.23. The zero-order chi connectivity index (χ0) is 15.3. The highest BCUT2D eigenvalue weighted by Gasteiger charge is 2.26. The molecule has 1 unspecified atom stereocenters. The summed E-state index contributed by atoms with van der Waals surface area (Å²) in [6, 6.07) is 7.83. The van der Waals surface area contributed by atoms with Crippen LogP contribution in [0.5, 0.6) is 5.75 Å². The molecule has 0 radical (unpaired) electrons. The minimum atomic E-state index is -0.632. The van der Waals surface area contributed by atoms with Crippen molar-refractivity contribution < 1.29 is 14.6 Å². The molecule has 0 saturated carbocycles. The Labute approximate surface area is 126 Å². The van der Waals surface area contributed by atoms with Crippen molar-refractivity contribution >= 4 is 5.91 Å². The number of rotatable bonds is 4. The lowest BCUT2D eigenvalue weighted by Crippen LogP contribution is -2.34. The first-order valence-corrected chi connectivity index (χ1v) is 7.66. The van der Waals surface area contributed by atoms with Crippen LogP contribution in [-0.2, 0) is 4.79 Å². The number of likely N-dealkylation sites (tertiary alicyclic amines) is 1. The molecule has 0 bridgehead atoms. The van der Waals surface area contributed by atoms with Crippen LogP contribution in [0.4, 0.5) is 0 Å². The number of hydrogen-bond donors (Lipinski definition) is 1. The topological polar surface area (TPSA) is 49.8 Å². The molecular formula is C17H25NO3. The maximum atomic E-state index is 12.2. The van der Waals surface area contributed by atoms with Crippen LogP contribution in [0.1, 0.15) is 38.2 Å². The van der Waals surface area contributed by atoms with Gasteiger partial charge in [0, 0.05) is 13.1 Å². The van der Waals surface area contributed by atoms with E-state index in [1.54, 1.807) is 0 Å². The lowest BCUT2D eigenvalue weighted by atomic mass is 9.98. The van der Waals surface area contributed by atoms with Gasteiger partial charge in [-0.2, -0.15) is 0 Å². The second-order valence-electron chi connectivity index (χ2n) is 6.14. The largest absolute Gasteiger partial charge is 0.493 e. The van der Waals surface area contributed by atoms with Crippen molar-refractivity contribution in [2.24, 2.45) is 0 Å². The third-order valence-electron chi connectivity index (χ3n) is 4.02. The number of nitrogens with zero attached hydrogens (tertiary/aromatic N) is 1. The van der Waals surface area contributed by atoms with Crippen LogP contribution in [0.25, 0.3) is 0 Å². The predicted molar refractivity (Wildman–Crippen MR) is 82.3 cm³/mol. The average Bonchev–Trinajstić information content (AvgIpc) is 2.62. The van der Waals surface area contributed by atoms with Gasteiger partial charge in [0.1, 0.15) is 5.75 Å². The van der Waals surface area contributed by atoms with Crippen LogP contribution < -0.4 is 4.74 Å². The van der Waals surface area contributed by atoms with Crippen molar-refractivity contribution in [1.82, 2.24) is 4.90 Å². The molecule has 0 aliphatic carbocycles. The SMILES string of the molecule is Cc1ccc(OCCC(=O)N2CCCC(C)(O)CC2)cc1. The fourth-order valence-electron chi connectivity index (χ4n) is 2.56. The molecule has 1 fully saturated rings. The monoisotopic (exact) mass is 291 g/mol. The number of carbonyl (C=O) groups is 1. The zero-order valence-corrected chi connectivity index (χ0v) is 13.0. The summed E-state index contributed by atoms with van der Waals surface area (Å²) in [5, 5.41) is 10.0. The molecule has 1 amide bonds. The number of carbonyl (C=O) groups excluding carboxylic acids is 1. The van der Waals surface area contributed by atoms with E-state index in [4.69, 9.17) is 4.74 Å². The fraction of sp³-hybridized carbons (Fsp3) is 0.588. The Morgan fingerprint density at radius 3 is 2.71 bits per heavy atom. The molecule has 1 heterocycles. The third-order valence-corrected chi connectivity index (χ3v) is 4.02. The maximum Gasteiger partial charge on any atom is 0.225 e. The number of aliphatic hydroxyl groups is 1. The van der Waals surface area contributed by atoms with Gasteiger partial charge in [0.15, 0.2) is 0 Å². The van der Waals surface area contributed by atoms with Crippen LogP contribution >= 0.6 is 0 Å². The normalized spacial score (nSPS) is 22.7. The Morgan fingerprint density at radius 1 is 1.29 bits per heavy atom. The molecule has 4 heteroatoms. The number of amides is 1. The van der Waals surface area contributed by atoms with Gasteiger partial charge < -0.3 is 14.7 Å². The Bertz CT molecular complexity index is 467. The molecule has 2 rings (SSSR count). The summed E-state index contributed by atoms with van der Waals surface area (Å²) in [6.07, 6.45) is 2.65. The highest BCUT2D eigenvalue weighted by molar-refractivity contribution is 5.76. The van der Waals surface area contributed by atoms with E-state index in [0.29, 0.717) is 26.0 Å². The van der Waals surface area contributed by atoms with Crippen molar-refractivity contribution in [2.75, 3.05) is 19.7 Å². The van der Waals surface area contributed by atoms with Crippen molar-refractivity contribution in [1.29, 1.82) is 0 Å². The van der Waals surface area contributed by atoms with Gasteiger partial charge in [0.2, 0.25) is 5.91 Å². The van der Waals surface area contributed by atoms with Gasteiger partial charge >= 0.3 is 0 Å². The molecule has 1 atom stereocenters. The summed E-state index contributed by atoms with van der Waals surface area (Å²) in [5.41, 5.74) is 0.558. The molecule has 1 saturated heterocycles. The lowest BCUT2D eigenvalue weighted by Gasteiger charge is -2.22. The van der Waals surface area contributed by atoms with Gasteiger partial charge in [0.05, 0.1) is 18.6 Å². The highest BCUT2D eigenvalue weighted by Crippen LogP contribution is 2.21. The fourth-order valence-corrected chi connectivity index (χ4v) is 2.56. The van der Waals surface area contributed by atoms with Gasteiger partial charge in [0.25, 0.3) is 0 Å². The maximum absolute atomic E-state index is 12.2. The van der Waals surface area contributed by atoms with Gasteiger partial charge in [-0.05, 0) is 45.2 Å². The van der Waals surface area contributed by atoms with Gasteiger partial charge in [-0.25, -0.2) is 0 Å². The molecule has 1 aromatic rings. The molecule has 21 heavy (non-hydrogen) atoms. The number of benzene rings is 1. The van der Waals surface area contributed by atoms with E-state index in [2.05, 4.69) is 0 Å². The summed E-state index contributed by atoms with van der Waals surface area (Å²) >= 11 is 0. The first-order chi connectivity index (χ1) is 9.96. The number of ether oxygens (including phenoxy) is 1. The summed E-state index contributed by atoms with van der Waals surface area (Å²) in [4.78, 5) is 14.0. The summed E-state index contributed by atoms with van der Waals surface area (Å²) in [5.74, 6) is 0.909. The molecule has 1 N–H and O–H groups in total. The van der Waals surface area contributed by atoms with E-state index in [-0.39, 0.29) is 5.91 Å². The summed E-state index contributed by atoms with van der Waals surface area (Å²) < 4.78 is 5.60. The Hall–Kier alpha value is -1.55. The van der Waals surface area contributed by atoms with Crippen molar-refractivity contribution in [3.05, 3.63) is 29.8 Å². The third kappa shape index (κ3) is 5.05. The first-order valence-electron chi connectivity index (χ1n) is 7.66. The Balaban J connectivity index is 1.75. The molecular weight excluding hydrogens is 266 g/mol. The lowest BCUT2D eigenvalue weighted by molar-refractivity contribution is -0.131. The van der Waals surface area contributed by atoms with E-state index in [9.17, 15) is 9.90 Å². The second-order valence-corrected chi connectivity index (χ2v) is 6.14. The van der Waals surface area contributed by atoms with E-state index < -0.39 is 5.60 Å². The molecule has 1 aliphatic rings. The summed E-state index contributed by atoms with van der Waals surface area (Å²) in [6.45, 7) is 5.65. The van der Waals surface area contributed by atoms with Gasteiger partial charge in [-0.1, -0.05) is 17.7 Å². The minimum Gasteiger partial charge on any atom is -0.493 e. The molecule has 1 aromatic carbocycles. The Morgan fingerprint density at radius 2 is 2.00 bits per heavy atom. The van der Waals surface area contributed by atoms with E-state index in [0.717, 1.165) is 25.1 Å². The van der Waals surface area contributed by atoms with Crippen molar-refractivity contribution in [3.8, 4) is 5.75 Å². The highest BCUT2D eigenvalue weighted by atomic mass is 16.5. The molecule has 0 spiro atoms. The van der Waals surface area contributed by atoms with Crippen LogP contribution in [0.15, 0.2) is 24.3 Å². The molecule has 0 aromatic heterocycles. The predicted octanol–water partition coefficient (Wildman–Crippen LogP) is 2.53. The van der Waals surface area contributed by atoms with E-state index >= 15 is 0 Å². The first kappa shape index (κ1) is 15.8. The summed E-state index contributed by atoms with van der Waals surface area (Å²) in [7, 11) is 0. The van der Waals surface area contributed by atoms with Crippen LogP contribution in [-0.4, -0.2) is 41.2 Å². The van der Waals surface area contributed by atoms with Gasteiger partial charge in [-0.3, -0.25) is 4.79 Å². The average molecular weight is 291 g/mol. The van der Waals surface area contributed by atoms with E-state index in [1.165, 1.54) is 5.56 Å². The molecule has 4 nitrogen and oxygen atoms in total. The van der Waals surface area contributed by atoms with Crippen molar-refractivity contribution in [2.45, 2.75) is 45.1 Å². The van der Waals surface area contributed by atoms with E-state index in [1.807, 2.05) is 43.0 Å². The van der Waals surface area contributed by atoms with Crippen molar-refractivity contribution in [3.63, 3.8) is 0 Å².